The van der Waals surface area contributed by atoms with Crippen LogP contribution in [0.2, 0.25) is 0 Å². The molecule has 2 bridgehead atoms. The molecule has 0 saturated carbocycles. The highest BCUT2D eigenvalue weighted by Gasteiger charge is 2.72. The zero-order valence-corrected chi connectivity index (χ0v) is 17.4. The van der Waals surface area contributed by atoms with Gasteiger partial charge in [0.25, 0.3) is 0 Å². The Morgan fingerprint density at radius 2 is 2.12 bits per heavy atom. The Balaban J connectivity index is 1.52. The fourth-order valence-corrected chi connectivity index (χ4v) is 7.83. The van der Waals surface area contributed by atoms with Crippen LogP contribution in [0.1, 0.15) is 53.0 Å². The Hall–Kier alpha value is -2.61. The van der Waals surface area contributed by atoms with Crippen LogP contribution in [0.3, 0.4) is 0 Å². The van der Waals surface area contributed by atoms with Gasteiger partial charge in [-0.1, -0.05) is 6.07 Å². The smallest absolute Gasteiger partial charge is 0.166 e. The lowest BCUT2D eigenvalue weighted by molar-refractivity contribution is -0.135. The van der Waals surface area contributed by atoms with E-state index < -0.39 is 23.2 Å². The molecule has 1 fully saturated rings. The van der Waals surface area contributed by atoms with Crippen LogP contribution >= 0.6 is 0 Å². The zero-order valence-electron chi connectivity index (χ0n) is 17.4. The van der Waals surface area contributed by atoms with Gasteiger partial charge in [0.15, 0.2) is 17.6 Å². The Morgan fingerprint density at radius 3 is 3.00 bits per heavy atom. The summed E-state index contributed by atoms with van der Waals surface area (Å²) in [6.07, 6.45) is 1.06. The lowest BCUT2D eigenvalue weighted by atomic mass is 9.49. The molecule has 2 aliphatic carbocycles. The van der Waals surface area contributed by atoms with Gasteiger partial charge in [-0.05, 0) is 55.1 Å². The van der Waals surface area contributed by atoms with Gasteiger partial charge in [-0.25, -0.2) is 4.39 Å². The van der Waals surface area contributed by atoms with Gasteiger partial charge in [-0.2, -0.15) is 0 Å². The predicted molar refractivity (Wildman–Crippen MR) is 113 cm³/mol. The molecule has 5 aliphatic rings. The summed E-state index contributed by atoms with van der Waals surface area (Å²) < 4.78 is 23.4. The van der Waals surface area contributed by atoms with Gasteiger partial charge in [0.1, 0.15) is 5.82 Å². The largest absolute Gasteiger partial charge is 0.504 e. The summed E-state index contributed by atoms with van der Waals surface area (Å²) in [5.41, 5.74) is 3.60. The van der Waals surface area contributed by atoms with Crippen LogP contribution in [0, 0.1) is 5.82 Å². The summed E-state index contributed by atoms with van der Waals surface area (Å²) in [7, 11) is 0. The van der Waals surface area contributed by atoms with E-state index in [1.54, 1.807) is 6.07 Å². The molecule has 5 atom stereocenters. The van der Waals surface area contributed by atoms with E-state index >= 15 is 0 Å². The van der Waals surface area contributed by atoms with Crippen LogP contribution in [0.15, 0.2) is 24.3 Å². The predicted octanol–water partition coefficient (Wildman–Crippen LogP) is 2.50. The van der Waals surface area contributed by atoms with Crippen molar-refractivity contribution in [3.63, 3.8) is 0 Å². The number of nitrogens with one attached hydrogen (secondary N) is 1. The summed E-state index contributed by atoms with van der Waals surface area (Å²) >= 11 is 0. The molecule has 164 valence electrons. The Bertz CT molecular complexity index is 1380. The first-order chi connectivity index (χ1) is 15.4. The number of piperidine rings is 1. The number of benzene rings is 2. The molecule has 6 nitrogen and oxygen atoms in total. The maximum absolute atomic E-state index is 14.7. The summed E-state index contributed by atoms with van der Waals surface area (Å²) in [5.74, 6) is 0.211. The first-order valence-corrected chi connectivity index (χ1v) is 11.4. The quantitative estimate of drug-likeness (QED) is 0.437. The second-order valence-electron chi connectivity index (χ2n) is 10.2. The molecule has 0 amide bonds. The van der Waals surface area contributed by atoms with Crippen molar-refractivity contribution in [3.8, 4) is 11.5 Å². The van der Waals surface area contributed by atoms with Crippen LogP contribution in [0.4, 0.5) is 4.39 Å². The van der Waals surface area contributed by atoms with Crippen molar-refractivity contribution in [3.05, 3.63) is 58.0 Å². The van der Waals surface area contributed by atoms with Crippen LogP contribution < -0.4 is 10.1 Å². The summed E-state index contributed by atoms with van der Waals surface area (Å²) in [6.45, 7) is 1.37. The first kappa shape index (κ1) is 17.9. The third kappa shape index (κ3) is 1.69. The minimum Gasteiger partial charge on any atom is -0.504 e. The number of nitrogens with zero attached hydrogens (tertiary/aromatic N) is 1. The molecule has 4 N–H and O–H groups in total. The molecule has 32 heavy (non-hydrogen) atoms. The molecule has 0 unspecified atom stereocenters. The van der Waals surface area contributed by atoms with Crippen LogP contribution in [0.25, 0.3) is 10.9 Å². The van der Waals surface area contributed by atoms with Gasteiger partial charge in [0, 0.05) is 35.5 Å². The van der Waals surface area contributed by atoms with Gasteiger partial charge < -0.3 is 29.9 Å². The number of hydrogen-bond acceptors (Lipinski definition) is 5. The van der Waals surface area contributed by atoms with Crippen LogP contribution in [-0.4, -0.2) is 38.1 Å². The van der Waals surface area contributed by atoms with Crippen molar-refractivity contribution in [2.24, 2.45) is 0 Å². The SMILES string of the molecule is Oc1ccc2c3c1O[C@H]1c4c(c5cc(F)cc6c5n4CC[C@@H]6O)C[C@@]4(O)[C@H](C2)NCC[C@]314. The third-order valence-electron chi connectivity index (χ3n) is 9.01. The van der Waals surface area contributed by atoms with Crippen molar-refractivity contribution in [2.45, 2.75) is 61.5 Å². The normalized spacial score (nSPS) is 35.4. The number of fused-ring (bicyclic) bond motifs is 4. The number of hydrogen-bond donors (Lipinski definition) is 4. The minimum absolute atomic E-state index is 0.102. The van der Waals surface area contributed by atoms with Crippen molar-refractivity contribution in [1.29, 1.82) is 0 Å². The molecule has 1 aromatic heterocycles. The fourth-order valence-electron chi connectivity index (χ4n) is 7.83. The zero-order chi connectivity index (χ0) is 21.6. The number of ether oxygens (including phenoxy) is 1. The maximum Gasteiger partial charge on any atom is 0.166 e. The van der Waals surface area contributed by atoms with Crippen molar-refractivity contribution < 1.29 is 24.4 Å². The van der Waals surface area contributed by atoms with E-state index in [0.29, 0.717) is 43.5 Å². The van der Waals surface area contributed by atoms with Crippen molar-refractivity contribution >= 4 is 10.9 Å². The van der Waals surface area contributed by atoms with Gasteiger partial charge in [-0.3, -0.25) is 0 Å². The van der Waals surface area contributed by atoms with Crippen LogP contribution in [0.5, 0.6) is 11.5 Å². The van der Waals surface area contributed by atoms with E-state index in [1.807, 2.05) is 6.07 Å². The highest BCUT2D eigenvalue weighted by atomic mass is 19.1. The van der Waals surface area contributed by atoms with E-state index in [0.717, 1.165) is 39.8 Å². The molecule has 0 radical (unpaired) electrons. The lowest BCUT2D eigenvalue weighted by Gasteiger charge is -2.60. The second-order valence-corrected chi connectivity index (χ2v) is 10.2. The van der Waals surface area contributed by atoms with E-state index in [4.69, 9.17) is 4.74 Å². The van der Waals surface area contributed by atoms with Crippen molar-refractivity contribution in [1.82, 2.24) is 9.88 Å². The average molecular weight is 434 g/mol. The minimum atomic E-state index is -1.12. The number of aliphatic hydroxyl groups excluding tert-OH is 1. The monoisotopic (exact) mass is 434 g/mol. The first-order valence-electron chi connectivity index (χ1n) is 11.4. The highest BCUT2D eigenvalue weighted by molar-refractivity contribution is 5.90. The summed E-state index contributed by atoms with van der Waals surface area (Å²) in [6, 6.07) is 6.46. The molecule has 3 aromatic rings. The molecular weight excluding hydrogens is 411 g/mol. The van der Waals surface area contributed by atoms with E-state index in [-0.39, 0.29) is 17.6 Å². The standard InChI is InChI=1S/C25H23FN2O4/c26-12-8-13-15-10-25(31)18-7-11-1-2-17(30)22-19(11)24(25,4-5-27-18)23(32-22)21(15)28-6-3-16(29)14(9-12)20(13)28/h1-2,8-9,16,18,23,27,29-31H,3-7,10H2/t16-,18-,23-,24-,25+/m0/s1. The number of halogens is 1. The Morgan fingerprint density at radius 1 is 1.25 bits per heavy atom. The molecule has 3 aliphatic heterocycles. The number of aromatic hydroxyl groups is 1. The summed E-state index contributed by atoms with van der Waals surface area (Å²) in [4.78, 5) is 0. The number of phenolic OH excluding ortho intramolecular Hbond substituents is 1. The molecule has 4 heterocycles. The third-order valence-corrected chi connectivity index (χ3v) is 9.01. The molecule has 2 aromatic carbocycles. The van der Waals surface area contributed by atoms with Gasteiger partial charge in [-0.15, -0.1) is 0 Å². The summed E-state index contributed by atoms with van der Waals surface area (Å²) in [5, 5.41) is 38.1. The molecular formula is C25H23FN2O4. The Labute approximate surface area is 183 Å². The molecule has 1 spiro atoms. The van der Waals surface area contributed by atoms with Gasteiger partial charge in [0.05, 0.1) is 28.3 Å². The number of phenols is 1. The van der Waals surface area contributed by atoms with Crippen LogP contribution in [-0.2, 0) is 24.8 Å². The van der Waals surface area contributed by atoms with E-state index in [2.05, 4.69) is 9.88 Å². The van der Waals surface area contributed by atoms with Gasteiger partial charge >= 0.3 is 0 Å². The maximum atomic E-state index is 14.7. The van der Waals surface area contributed by atoms with E-state index in [9.17, 15) is 19.7 Å². The topological polar surface area (TPSA) is 86.9 Å². The Kier molecular flexibility index (Phi) is 2.96. The molecule has 8 rings (SSSR count). The molecule has 1 saturated heterocycles. The number of rotatable bonds is 0. The van der Waals surface area contributed by atoms with Crippen molar-refractivity contribution in [2.75, 3.05) is 6.54 Å². The van der Waals surface area contributed by atoms with Gasteiger partial charge in [0.2, 0.25) is 0 Å². The highest BCUT2D eigenvalue weighted by Crippen LogP contribution is 2.68. The molecule has 7 heteroatoms. The average Bonchev–Trinajstić information content (AvgIpc) is 3.25. The number of aromatic nitrogens is 1. The second kappa shape index (κ2) is 5.30. The van der Waals surface area contributed by atoms with E-state index in [1.165, 1.54) is 12.1 Å². The number of aliphatic hydroxyl groups is 2. The number of aryl methyl sites for hydroxylation is 1. The fraction of sp³-hybridized carbons (Fsp3) is 0.440. The lowest BCUT2D eigenvalue weighted by Crippen LogP contribution is -2.73.